The zero-order chi connectivity index (χ0) is 16.7. The Morgan fingerprint density at radius 2 is 2.04 bits per heavy atom. The number of aromatic amines is 1. The molecule has 1 aromatic carbocycles. The van der Waals surface area contributed by atoms with Crippen LogP contribution in [0.15, 0.2) is 42.6 Å². The van der Waals surface area contributed by atoms with Gasteiger partial charge in [-0.15, -0.1) is 0 Å². The largest absolute Gasteiger partial charge is 0.443 e. The Morgan fingerprint density at radius 1 is 1.30 bits per heavy atom. The molecule has 0 saturated carbocycles. The van der Waals surface area contributed by atoms with Gasteiger partial charge in [0.1, 0.15) is 6.10 Å². The van der Waals surface area contributed by atoms with Crippen molar-refractivity contribution in [3.05, 3.63) is 53.9 Å². The van der Waals surface area contributed by atoms with Gasteiger partial charge in [-0.2, -0.15) is 5.10 Å². The van der Waals surface area contributed by atoms with Crippen LogP contribution < -0.4 is 11.1 Å². The highest BCUT2D eigenvalue weighted by Crippen LogP contribution is 2.08. The van der Waals surface area contributed by atoms with E-state index in [4.69, 9.17) is 10.5 Å². The SMILES string of the molecule is NC(=O)OC(Cc1cc[nH]n1)C(O)C(=O)NCc1ccccc1. The fourth-order valence-corrected chi connectivity index (χ4v) is 2.04. The first-order chi connectivity index (χ1) is 11.1. The maximum Gasteiger partial charge on any atom is 0.404 e. The monoisotopic (exact) mass is 318 g/mol. The van der Waals surface area contributed by atoms with E-state index in [-0.39, 0.29) is 13.0 Å². The molecule has 8 nitrogen and oxygen atoms in total. The summed E-state index contributed by atoms with van der Waals surface area (Å²) >= 11 is 0. The molecule has 2 rings (SSSR count). The summed E-state index contributed by atoms with van der Waals surface area (Å²) in [6, 6.07) is 10.9. The van der Waals surface area contributed by atoms with E-state index in [9.17, 15) is 14.7 Å². The molecule has 0 spiro atoms. The van der Waals surface area contributed by atoms with Crippen molar-refractivity contribution >= 4 is 12.0 Å². The number of nitrogens with zero attached hydrogens (tertiary/aromatic N) is 1. The standard InChI is InChI=1S/C15H18N4O4/c16-15(22)23-12(8-11-6-7-18-19-11)13(20)14(21)17-9-10-4-2-1-3-5-10/h1-7,12-13,20H,8-9H2,(H2,16,22)(H,17,21)(H,18,19). The molecule has 2 atom stereocenters. The Labute approximate surface area is 132 Å². The van der Waals surface area contributed by atoms with Crippen molar-refractivity contribution in [3.63, 3.8) is 0 Å². The molecule has 122 valence electrons. The number of H-pyrrole nitrogens is 1. The van der Waals surface area contributed by atoms with Gasteiger partial charge in [0, 0.05) is 19.2 Å². The van der Waals surface area contributed by atoms with E-state index >= 15 is 0 Å². The Morgan fingerprint density at radius 3 is 2.65 bits per heavy atom. The number of ether oxygens (including phenoxy) is 1. The molecule has 0 saturated heterocycles. The number of amides is 2. The van der Waals surface area contributed by atoms with Crippen molar-refractivity contribution in [1.29, 1.82) is 0 Å². The van der Waals surface area contributed by atoms with Gasteiger partial charge in [-0.1, -0.05) is 30.3 Å². The molecule has 5 N–H and O–H groups in total. The minimum absolute atomic E-state index is 0.0619. The second kappa shape index (κ2) is 7.95. The van der Waals surface area contributed by atoms with Crippen LogP contribution in [-0.2, 0) is 22.5 Å². The van der Waals surface area contributed by atoms with E-state index in [1.807, 2.05) is 30.3 Å². The summed E-state index contributed by atoms with van der Waals surface area (Å²) < 4.78 is 4.83. The fourth-order valence-electron chi connectivity index (χ4n) is 2.04. The van der Waals surface area contributed by atoms with Crippen LogP contribution in [0.4, 0.5) is 4.79 Å². The number of hydrogen-bond acceptors (Lipinski definition) is 5. The number of carbonyl (C=O) groups excluding carboxylic acids is 2. The molecular formula is C15H18N4O4. The normalized spacial score (nSPS) is 13.1. The minimum atomic E-state index is -1.55. The molecule has 0 aliphatic carbocycles. The Hall–Kier alpha value is -2.87. The van der Waals surface area contributed by atoms with Crippen molar-refractivity contribution < 1.29 is 19.4 Å². The molecule has 0 aliphatic rings. The van der Waals surface area contributed by atoms with Crippen LogP contribution >= 0.6 is 0 Å². The molecule has 2 unspecified atom stereocenters. The Balaban J connectivity index is 1.96. The highest BCUT2D eigenvalue weighted by molar-refractivity contribution is 5.81. The third-order valence-corrected chi connectivity index (χ3v) is 3.17. The van der Waals surface area contributed by atoms with E-state index in [1.165, 1.54) is 0 Å². The number of hydrogen-bond donors (Lipinski definition) is 4. The molecule has 0 fully saturated rings. The molecule has 0 radical (unpaired) electrons. The maximum atomic E-state index is 12.0. The summed E-state index contributed by atoms with van der Waals surface area (Å²) in [7, 11) is 0. The van der Waals surface area contributed by atoms with Crippen LogP contribution in [0.25, 0.3) is 0 Å². The molecule has 23 heavy (non-hydrogen) atoms. The summed E-state index contributed by atoms with van der Waals surface area (Å²) in [6.45, 7) is 0.252. The van der Waals surface area contributed by atoms with Gasteiger partial charge in [-0.3, -0.25) is 9.89 Å². The van der Waals surface area contributed by atoms with Gasteiger partial charge in [0.2, 0.25) is 0 Å². The molecule has 2 amide bonds. The van der Waals surface area contributed by atoms with Gasteiger partial charge >= 0.3 is 6.09 Å². The number of primary amides is 1. The smallest absolute Gasteiger partial charge is 0.404 e. The lowest BCUT2D eigenvalue weighted by atomic mass is 10.1. The number of aliphatic hydroxyl groups excluding tert-OH is 1. The van der Waals surface area contributed by atoms with E-state index < -0.39 is 24.2 Å². The van der Waals surface area contributed by atoms with Gasteiger partial charge in [-0.05, 0) is 11.6 Å². The average Bonchev–Trinajstić information content (AvgIpc) is 3.05. The second-order valence-corrected chi connectivity index (χ2v) is 4.89. The number of benzene rings is 1. The van der Waals surface area contributed by atoms with Crippen molar-refractivity contribution in [3.8, 4) is 0 Å². The Bertz CT molecular complexity index is 630. The third kappa shape index (κ3) is 5.11. The lowest BCUT2D eigenvalue weighted by Crippen LogP contribution is -2.45. The molecule has 0 bridgehead atoms. The first kappa shape index (κ1) is 16.5. The quantitative estimate of drug-likeness (QED) is 0.575. The summed E-state index contributed by atoms with van der Waals surface area (Å²) in [5.74, 6) is -0.657. The van der Waals surface area contributed by atoms with Gasteiger partial charge in [0.05, 0.1) is 5.69 Å². The van der Waals surface area contributed by atoms with Crippen LogP contribution in [0.3, 0.4) is 0 Å². The van der Waals surface area contributed by atoms with Crippen molar-refractivity contribution in [1.82, 2.24) is 15.5 Å². The van der Waals surface area contributed by atoms with Crippen LogP contribution in [0.5, 0.6) is 0 Å². The third-order valence-electron chi connectivity index (χ3n) is 3.17. The van der Waals surface area contributed by atoms with Gasteiger partial charge in [0.15, 0.2) is 6.10 Å². The lowest BCUT2D eigenvalue weighted by molar-refractivity contribution is -0.135. The topological polar surface area (TPSA) is 130 Å². The lowest BCUT2D eigenvalue weighted by Gasteiger charge is -2.21. The summed E-state index contributed by atoms with van der Waals surface area (Å²) in [5, 5.41) is 19.2. The van der Waals surface area contributed by atoms with Crippen LogP contribution in [0, 0.1) is 0 Å². The van der Waals surface area contributed by atoms with Crippen molar-refractivity contribution in [2.75, 3.05) is 0 Å². The molecule has 1 heterocycles. The van der Waals surface area contributed by atoms with Gasteiger partial charge in [0.25, 0.3) is 5.91 Å². The average molecular weight is 318 g/mol. The van der Waals surface area contributed by atoms with Crippen molar-refractivity contribution in [2.45, 2.75) is 25.2 Å². The van der Waals surface area contributed by atoms with Crippen LogP contribution in [0.1, 0.15) is 11.3 Å². The summed E-state index contributed by atoms with van der Waals surface area (Å²) in [6.07, 6.45) is -2.10. The number of rotatable bonds is 7. The van der Waals surface area contributed by atoms with E-state index in [0.717, 1.165) is 5.56 Å². The van der Waals surface area contributed by atoms with E-state index in [0.29, 0.717) is 5.69 Å². The van der Waals surface area contributed by atoms with Crippen molar-refractivity contribution in [2.24, 2.45) is 5.73 Å². The van der Waals surface area contributed by atoms with Gasteiger partial charge in [-0.25, -0.2) is 4.79 Å². The van der Waals surface area contributed by atoms with Crippen LogP contribution in [0.2, 0.25) is 0 Å². The summed E-state index contributed by atoms with van der Waals surface area (Å²) in [4.78, 5) is 23.0. The summed E-state index contributed by atoms with van der Waals surface area (Å²) in [5.41, 5.74) is 6.41. The molecule has 2 aromatic rings. The highest BCUT2D eigenvalue weighted by Gasteiger charge is 2.29. The zero-order valence-corrected chi connectivity index (χ0v) is 12.3. The predicted molar refractivity (Wildman–Crippen MR) is 81.0 cm³/mol. The predicted octanol–water partition coefficient (Wildman–Crippen LogP) is 0.0934. The molecule has 1 aromatic heterocycles. The highest BCUT2D eigenvalue weighted by atomic mass is 16.6. The number of nitrogens with one attached hydrogen (secondary N) is 2. The van der Waals surface area contributed by atoms with E-state index in [2.05, 4.69) is 15.5 Å². The van der Waals surface area contributed by atoms with Gasteiger partial charge < -0.3 is 20.9 Å². The number of carbonyl (C=O) groups is 2. The first-order valence-electron chi connectivity index (χ1n) is 7.00. The molecule has 8 heteroatoms. The van der Waals surface area contributed by atoms with Crippen LogP contribution in [-0.4, -0.2) is 39.5 Å². The Kier molecular flexibility index (Phi) is 5.70. The molecular weight excluding hydrogens is 300 g/mol. The first-order valence-corrected chi connectivity index (χ1v) is 7.00. The second-order valence-electron chi connectivity index (χ2n) is 4.89. The maximum absolute atomic E-state index is 12.0. The zero-order valence-electron chi connectivity index (χ0n) is 12.3. The number of aromatic nitrogens is 2. The minimum Gasteiger partial charge on any atom is -0.443 e. The fraction of sp³-hybridized carbons (Fsp3) is 0.267. The number of aliphatic hydroxyl groups is 1. The number of nitrogens with two attached hydrogens (primary N) is 1. The van der Waals surface area contributed by atoms with E-state index in [1.54, 1.807) is 12.3 Å². The molecule has 0 aliphatic heterocycles.